The quantitative estimate of drug-likeness (QED) is 0.339. The molecule has 1 aliphatic heterocycles. The van der Waals surface area contributed by atoms with Crippen molar-refractivity contribution in [2.24, 2.45) is 0 Å². The number of aryl methyl sites for hydroxylation is 1. The fraction of sp³-hybridized carbons (Fsp3) is 0.120. The first-order valence-electron chi connectivity index (χ1n) is 10.2. The number of imide groups is 1. The van der Waals surface area contributed by atoms with Gasteiger partial charge < -0.3 is 10.1 Å². The molecule has 0 aliphatic carbocycles. The lowest BCUT2D eigenvalue weighted by molar-refractivity contribution is -0.384. The molecular formula is C25H21N3O5. The molecule has 0 spiro atoms. The summed E-state index contributed by atoms with van der Waals surface area (Å²) in [5.41, 5.74) is 3.33. The average molecular weight is 443 g/mol. The molecule has 8 heteroatoms. The summed E-state index contributed by atoms with van der Waals surface area (Å²) in [5.74, 6) is -0.432. The molecule has 0 fully saturated rings. The Bertz CT molecular complexity index is 1310. The predicted molar refractivity (Wildman–Crippen MR) is 125 cm³/mol. The fourth-order valence-corrected chi connectivity index (χ4v) is 3.71. The van der Waals surface area contributed by atoms with E-state index < -0.39 is 16.7 Å². The third-order valence-electron chi connectivity index (χ3n) is 5.61. The minimum absolute atomic E-state index is 0.0861. The van der Waals surface area contributed by atoms with Crippen LogP contribution in [-0.2, 0) is 9.59 Å². The largest absolute Gasteiger partial charge is 0.497 e. The molecule has 1 heterocycles. The summed E-state index contributed by atoms with van der Waals surface area (Å²) in [7, 11) is 1.53. The van der Waals surface area contributed by atoms with Crippen LogP contribution >= 0.6 is 0 Å². The second kappa shape index (κ2) is 8.58. The van der Waals surface area contributed by atoms with Crippen LogP contribution in [0.1, 0.15) is 16.7 Å². The van der Waals surface area contributed by atoms with E-state index in [4.69, 9.17) is 4.74 Å². The summed E-state index contributed by atoms with van der Waals surface area (Å²) < 4.78 is 5.25. The summed E-state index contributed by atoms with van der Waals surface area (Å²) in [4.78, 5) is 38.8. The Kier molecular flexibility index (Phi) is 5.66. The zero-order valence-corrected chi connectivity index (χ0v) is 18.3. The Morgan fingerprint density at radius 2 is 1.64 bits per heavy atom. The number of carbonyl (C=O) groups excluding carboxylic acids is 2. The number of ether oxygens (including phenoxy) is 1. The van der Waals surface area contributed by atoms with E-state index >= 15 is 0 Å². The van der Waals surface area contributed by atoms with Crippen molar-refractivity contribution in [3.63, 3.8) is 0 Å². The van der Waals surface area contributed by atoms with Gasteiger partial charge in [-0.05, 0) is 60.9 Å². The zero-order chi connectivity index (χ0) is 23.7. The van der Waals surface area contributed by atoms with Crippen LogP contribution in [0, 0.1) is 24.0 Å². The van der Waals surface area contributed by atoms with Crippen LogP contribution in [0.4, 0.5) is 17.1 Å². The van der Waals surface area contributed by atoms with Crippen molar-refractivity contribution in [2.45, 2.75) is 13.8 Å². The molecule has 0 radical (unpaired) electrons. The number of nitro groups is 1. The van der Waals surface area contributed by atoms with Crippen LogP contribution in [0.25, 0.3) is 5.57 Å². The fourth-order valence-electron chi connectivity index (χ4n) is 3.71. The molecule has 33 heavy (non-hydrogen) atoms. The summed E-state index contributed by atoms with van der Waals surface area (Å²) >= 11 is 0. The standard InChI is InChI=1S/C25H21N3O5/c1-15-6-4-9-21(16(15)2)27-24(29)22(17-10-12-19(13-11-17)28(31)32)23(25(27)30)26-18-7-5-8-20(14-18)33-3/h4-14,26H,1-3H3. The molecule has 0 atom stereocenters. The van der Waals surface area contributed by atoms with Crippen molar-refractivity contribution in [2.75, 3.05) is 17.3 Å². The van der Waals surface area contributed by atoms with E-state index in [1.807, 2.05) is 19.9 Å². The maximum absolute atomic E-state index is 13.6. The first-order valence-corrected chi connectivity index (χ1v) is 10.2. The molecule has 1 aliphatic rings. The highest BCUT2D eigenvalue weighted by molar-refractivity contribution is 6.46. The lowest BCUT2D eigenvalue weighted by Gasteiger charge is -2.19. The second-order valence-electron chi connectivity index (χ2n) is 7.58. The highest BCUT2D eigenvalue weighted by Gasteiger charge is 2.41. The van der Waals surface area contributed by atoms with Gasteiger partial charge in [-0.15, -0.1) is 0 Å². The molecule has 8 nitrogen and oxygen atoms in total. The topological polar surface area (TPSA) is 102 Å². The number of anilines is 2. The molecule has 4 rings (SSSR count). The molecule has 166 valence electrons. The number of nitro benzene ring substituents is 1. The Hall–Kier alpha value is -4.46. The molecule has 0 saturated heterocycles. The predicted octanol–water partition coefficient (Wildman–Crippen LogP) is 4.62. The van der Waals surface area contributed by atoms with Crippen LogP contribution < -0.4 is 15.0 Å². The molecule has 0 unspecified atom stereocenters. The molecule has 3 aromatic rings. The Morgan fingerprint density at radius 3 is 2.30 bits per heavy atom. The molecule has 3 aromatic carbocycles. The van der Waals surface area contributed by atoms with Crippen molar-refractivity contribution in [3.05, 3.63) is 99.2 Å². The summed E-state index contributed by atoms with van der Waals surface area (Å²) in [6, 6.07) is 18.0. The minimum Gasteiger partial charge on any atom is -0.497 e. The number of non-ortho nitro benzene ring substituents is 1. The maximum Gasteiger partial charge on any atom is 0.282 e. The van der Waals surface area contributed by atoms with E-state index in [1.165, 1.54) is 31.4 Å². The lowest BCUT2D eigenvalue weighted by atomic mass is 10.0. The first-order chi connectivity index (χ1) is 15.8. The van der Waals surface area contributed by atoms with Crippen LogP contribution in [0.3, 0.4) is 0 Å². The second-order valence-corrected chi connectivity index (χ2v) is 7.58. The minimum atomic E-state index is -0.516. The van der Waals surface area contributed by atoms with E-state index in [2.05, 4.69) is 5.32 Å². The summed E-state index contributed by atoms with van der Waals surface area (Å²) in [6.45, 7) is 3.76. The number of nitrogens with zero attached hydrogens (tertiary/aromatic N) is 2. The smallest absolute Gasteiger partial charge is 0.282 e. The number of amides is 2. The van der Waals surface area contributed by atoms with Crippen molar-refractivity contribution in [1.29, 1.82) is 0 Å². The third-order valence-corrected chi connectivity index (χ3v) is 5.61. The van der Waals surface area contributed by atoms with E-state index in [1.54, 1.807) is 36.4 Å². The van der Waals surface area contributed by atoms with Crippen molar-refractivity contribution < 1.29 is 19.2 Å². The van der Waals surface area contributed by atoms with Gasteiger partial charge in [0, 0.05) is 23.9 Å². The van der Waals surface area contributed by atoms with Crippen LogP contribution in [0.5, 0.6) is 5.75 Å². The summed E-state index contributed by atoms with van der Waals surface area (Å²) in [5, 5.41) is 14.1. The number of benzene rings is 3. The Labute approximate surface area is 190 Å². The maximum atomic E-state index is 13.6. The van der Waals surface area contributed by atoms with E-state index in [-0.39, 0.29) is 17.0 Å². The van der Waals surface area contributed by atoms with Gasteiger partial charge in [-0.2, -0.15) is 0 Å². The monoisotopic (exact) mass is 443 g/mol. The van der Waals surface area contributed by atoms with Gasteiger partial charge in [-0.1, -0.05) is 18.2 Å². The van der Waals surface area contributed by atoms with E-state index in [9.17, 15) is 19.7 Å². The van der Waals surface area contributed by atoms with Crippen LogP contribution in [-0.4, -0.2) is 23.8 Å². The molecule has 0 saturated carbocycles. The van der Waals surface area contributed by atoms with Gasteiger partial charge >= 0.3 is 0 Å². The third kappa shape index (κ3) is 3.94. The normalized spacial score (nSPS) is 13.5. The number of nitrogens with one attached hydrogen (secondary N) is 1. The van der Waals surface area contributed by atoms with E-state index in [0.29, 0.717) is 22.7 Å². The van der Waals surface area contributed by atoms with Crippen molar-refractivity contribution in [1.82, 2.24) is 0 Å². The van der Waals surface area contributed by atoms with Crippen LogP contribution in [0.2, 0.25) is 0 Å². The first kappa shape index (κ1) is 21.8. The number of hydrogen-bond acceptors (Lipinski definition) is 6. The van der Waals surface area contributed by atoms with Gasteiger partial charge in [0.15, 0.2) is 0 Å². The van der Waals surface area contributed by atoms with Crippen LogP contribution in [0.15, 0.2) is 72.4 Å². The van der Waals surface area contributed by atoms with Crippen molar-refractivity contribution >= 4 is 34.4 Å². The Balaban J connectivity index is 1.84. The van der Waals surface area contributed by atoms with Gasteiger partial charge in [-0.25, -0.2) is 4.90 Å². The van der Waals surface area contributed by atoms with Gasteiger partial charge in [0.25, 0.3) is 17.5 Å². The molecule has 2 amide bonds. The lowest BCUT2D eigenvalue weighted by Crippen LogP contribution is -2.33. The number of hydrogen-bond donors (Lipinski definition) is 1. The molecule has 1 N–H and O–H groups in total. The van der Waals surface area contributed by atoms with Gasteiger partial charge in [0.1, 0.15) is 11.4 Å². The van der Waals surface area contributed by atoms with E-state index in [0.717, 1.165) is 16.0 Å². The number of rotatable bonds is 6. The van der Waals surface area contributed by atoms with Gasteiger partial charge in [0.2, 0.25) is 0 Å². The number of carbonyl (C=O) groups is 2. The zero-order valence-electron chi connectivity index (χ0n) is 18.3. The van der Waals surface area contributed by atoms with Gasteiger partial charge in [-0.3, -0.25) is 19.7 Å². The van der Waals surface area contributed by atoms with Crippen molar-refractivity contribution in [3.8, 4) is 5.75 Å². The SMILES string of the molecule is COc1cccc(NC2=C(c3ccc([N+](=O)[O-])cc3)C(=O)N(c3cccc(C)c3C)C2=O)c1. The molecular weight excluding hydrogens is 422 g/mol. The highest BCUT2D eigenvalue weighted by Crippen LogP contribution is 2.36. The molecule has 0 aromatic heterocycles. The Morgan fingerprint density at radius 1 is 0.939 bits per heavy atom. The average Bonchev–Trinajstić information content (AvgIpc) is 3.05. The highest BCUT2D eigenvalue weighted by atomic mass is 16.6. The van der Waals surface area contributed by atoms with Gasteiger partial charge in [0.05, 0.1) is 23.3 Å². The number of methoxy groups -OCH3 is 1. The summed E-state index contributed by atoms with van der Waals surface area (Å²) in [6.07, 6.45) is 0. The molecule has 0 bridgehead atoms.